The fourth-order valence-electron chi connectivity index (χ4n) is 0.361. The molecule has 0 saturated heterocycles. The van der Waals surface area contributed by atoms with Crippen LogP contribution >= 0.6 is 24.2 Å². The van der Waals surface area contributed by atoms with Crippen LogP contribution in [0.2, 0.25) is 0 Å². The lowest BCUT2D eigenvalue weighted by Gasteiger charge is -2.16. The second-order valence-corrected chi connectivity index (χ2v) is 2.53. The van der Waals surface area contributed by atoms with Crippen molar-refractivity contribution in [1.29, 1.82) is 0 Å². The normalized spacial score (nSPS) is 8.78. The Morgan fingerprint density at radius 3 is 2.78 bits per heavy atom. The predicted octanol–water partition coefficient (Wildman–Crippen LogP) is -0.0131. The fraction of sp³-hybridized carbons (Fsp3) is 0.750. The summed E-state index contributed by atoms with van der Waals surface area (Å²) in [5.41, 5.74) is 0. The summed E-state index contributed by atoms with van der Waals surface area (Å²) in [5, 5.41) is 8.76. The number of nitrogens with two attached hydrogens (primary N) is 1. The lowest BCUT2D eigenvalue weighted by molar-refractivity contribution is 0.590. The van der Waals surface area contributed by atoms with E-state index in [-0.39, 0.29) is 0 Å². The number of rotatable bonds is 2. The molecule has 0 amide bonds. The van der Waals surface area contributed by atoms with Crippen LogP contribution in [-0.2, 0) is 0 Å². The lowest BCUT2D eigenvalue weighted by atomic mass is 10.8. The average Bonchev–Trinajstić information content (AvgIpc) is 1.87. The fourth-order valence-corrected chi connectivity index (χ4v) is 0.860. The van der Waals surface area contributed by atoms with Gasteiger partial charge < -0.3 is 10.2 Å². The molecule has 0 atom stereocenters. The first kappa shape index (κ1) is 9.00. The molecule has 0 unspecified atom stereocenters. The van der Waals surface area contributed by atoms with Crippen LogP contribution in [0.5, 0.6) is 0 Å². The molecule has 0 heterocycles. The van der Waals surface area contributed by atoms with E-state index in [0.29, 0.717) is 5.11 Å². The van der Waals surface area contributed by atoms with Gasteiger partial charge in [-0.1, -0.05) is 11.9 Å². The van der Waals surface area contributed by atoms with Gasteiger partial charge in [0.15, 0.2) is 5.11 Å². The Kier molecular flexibility index (Phi) is 4.84. The number of nitrogens with one attached hydrogen (secondary N) is 1. The molecule has 0 rings (SSSR count). The first-order valence-electron chi connectivity index (χ1n) is 2.47. The van der Waals surface area contributed by atoms with Gasteiger partial charge in [-0.25, -0.2) is 0 Å². The van der Waals surface area contributed by atoms with Crippen molar-refractivity contribution in [2.75, 3.05) is 20.0 Å². The number of thiocarbonyl (C=S) groups is 1. The minimum Gasteiger partial charge on any atom is -0.366 e. The summed E-state index contributed by atoms with van der Waals surface area (Å²) < 4.78 is 0. The van der Waals surface area contributed by atoms with Gasteiger partial charge in [0.05, 0.1) is 5.88 Å². The SMILES string of the molecule is CNC(=S)N(C)CSN. The van der Waals surface area contributed by atoms with Crippen molar-refractivity contribution in [3.8, 4) is 0 Å². The molecule has 0 saturated carbocycles. The highest BCUT2D eigenvalue weighted by Crippen LogP contribution is 1.91. The van der Waals surface area contributed by atoms with Crippen LogP contribution in [0, 0.1) is 0 Å². The van der Waals surface area contributed by atoms with Crippen molar-refractivity contribution >= 4 is 29.3 Å². The van der Waals surface area contributed by atoms with Crippen molar-refractivity contribution in [2.45, 2.75) is 0 Å². The highest BCUT2D eigenvalue weighted by atomic mass is 32.2. The predicted molar refractivity (Wildman–Crippen MR) is 46.1 cm³/mol. The molecule has 3 N–H and O–H groups in total. The summed E-state index contributed by atoms with van der Waals surface area (Å²) in [6, 6.07) is 0. The monoisotopic (exact) mass is 165 g/mol. The maximum atomic E-state index is 5.21. The van der Waals surface area contributed by atoms with E-state index in [4.69, 9.17) is 17.4 Å². The highest BCUT2D eigenvalue weighted by molar-refractivity contribution is 7.97. The van der Waals surface area contributed by atoms with Crippen LogP contribution in [0.1, 0.15) is 0 Å². The van der Waals surface area contributed by atoms with E-state index in [1.54, 1.807) is 7.05 Å². The van der Waals surface area contributed by atoms with Gasteiger partial charge in [0.25, 0.3) is 0 Å². The maximum Gasteiger partial charge on any atom is 0.169 e. The molecule has 0 aliphatic carbocycles. The van der Waals surface area contributed by atoms with Crippen LogP contribution in [0.25, 0.3) is 0 Å². The molecule has 0 aromatic carbocycles. The second-order valence-electron chi connectivity index (χ2n) is 1.55. The van der Waals surface area contributed by atoms with Gasteiger partial charge in [0.1, 0.15) is 0 Å². The third kappa shape index (κ3) is 3.56. The number of nitrogens with zero attached hydrogens (tertiary/aromatic N) is 1. The Bertz CT molecular complexity index is 95.8. The Morgan fingerprint density at radius 2 is 2.44 bits per heavy atom. The van der Waals surface area contributed by atoms with E-state index in [1.165, 1.54) is 11.9 Å². The van der Waals surface area contributed by atoms with Crippen LogP contribution in [-0.4, -0.2) is 30.0 Å². The zero-order valence-corrected chi connectivity index (χ0v) is 7.18. The summed E-state index contributed by atoms with van der Waals surface area (Å²) in [6.45, 7) is 0. The Morgan fingerprint density at radius 1 is 1.89 bits per heavy atom. The summed E-state index contributed by atoms with van der Waals surface area (Å²) in [6.07, 6.45) is 0. The molecule has 0 aromatic heterocycles. The van der Waals surface area contributed by atoms with E-state index in [9.17, 15) is 0 Å². The van der Waals surface area contributed by atoms with Crippen LogP contribution in [0.4, 0.5) is 0 Å². The van der Waals surface area contributed by atoms with E-state index in [1.807, 2.05) is 11.9 Å². The standard InChI is InChI=1S/C4H11N3S2/c1-6-4(8)7(2)3-9-5/h3,5H2,1-2H3,(H,6,8). The van der Waals surface area contributed by atoms with E-state index >= 15 is 0 Å². The molecule has 0 aliphatic heterocycles. The van der Waals surface area contributed by atoms with Gasteiger partial charge in [-0.3, -0.25) is 5.14 Å². The highest BCUT2D eigenvalue weighted by Gasteiger charge is 1.97. The average molecular weight is 165 g/mol. The lowest BCUT2D eigenvalue weighted by Crippen LogP contribution is -2.34. The molecule has 0 bridgehead atoms. The molecule has 0 aromatic rings. The summed E-state index contributed by atoms with van der Waals surface area (Å²) in [5.74, 6) is 0.722. The molecule has 0 spiro atoms. The van der Waals surface area contributed by atoms with Gasteiger partial charge in [-0.15, -0.1) is 0 Å². The Labute approximate surface area is 65.1 Å². The quantitative estimate of drug-likeness (QED) is 0.342. The van der Waals surface area contributed by atoms with E-state index in [2.05, 4.69) is 5.32 Å². The van der Waals surface area contributed by atoms with Crippen molar-refractivity contribution in [2.24, 2.45) is 5.14 Å². The molecule has 0 radical (unpaired) electrons. The minimum absolute atomic E-state index is 0.716. The van der Waals surface area contributed by atoms with Gasteiger partial charge in [-0.05, 0) is 12.2 Å². The van der Waals surface area contributed by atoms with Gasteiger partial charge in [0.2, 0.25) is 0 Å². The van der Waals surface area contributed by atoms with E-state index in [0.717, 1.165) is 5.88 Å². The largest absolute Gasteiger partial charge is 0.366 e. The van der Waals surface area contributed by atoms with Crippen LogP contribution in [0.3, 0.4) is 0 Å². The summed E-state index contributed by atoms with van der Waals surface area (Å²) in [4.78, 5) is 1.86. The van der Waals surface area contributed by atoms with Gasteiger partial charge >= 0.3 is 0 Å². The summed E-state index contributed by atoms with van der Waals surface area (Å²) in [7, 11) is 3.68. The Balaban J connectivity index is 3.45. The third-order valence-corrected chi connectivity index (χ3v) is 1.88. The van der Waals surface area contributed by atoms with Crippen LogP contribution in [0.15, 0.2) is 0 Å². The molecule has 3 nitrogen and oxygen atoms in total. The second kappa shape index (κ2) is 4.84. The molecule has 0 aliphatic rings. The smallest absolute Gasteiger partial charge is 0.169 e. The van der Waals surface area contributed by atoms with Crippen molar-refractivity contribution < 1.29 is 0 Å². The first-order valence-corrected chi connectivity index (χ1v) is 3.92. The zero-order valence-electron chi connectivity index (χ0n) is 5.55. The molecule has 9 heavy (non-hydrogen) atoms. The maximum absolute atomic E-state index is 5.21. The topological polar surface area (TPSA) is 41.3 Å². The number of hydrogen-bond donors (Lipinski definition) is 2. The van der Waals surface area contributed by atoms with Crippen molar-refractivity contribution in [1.82, 2.24) is 10.2 Å². The number of hydrogen-bond acceptors (Lipinski definition) is 3. The van der Waals surface area contributed by atoms with Crippen molar-refractivity contribution in [3.63, 3.8) is 0 Å². The Hall–Kier alpha value is -0.0000000000000000763. The minimum atomic E-state index is 0.716. The molecular formula is C4H11N3S2. The molecule has 0 fully saturated rings. The van der Waals surface area contributed by atoms with Crippen molar-refractivity contribution in [3.05, 3.63) is 0 Å². The molecular weight excluding hydrogens is 154 g/mol. The van der Waals surface area contributed by atoms with Gasteiger partial charge in [0, 0.05) is 14.1 Å². The molecule has 5 heteroatoms. The van der Waals surface area contributed by atoms with E-state index < -0.39 is 0 Å². The van der Waals surface area contributed by atoms with Crippen LogP contribution < -0.4 is 10.5 Å². The molecule has 54 valence electrons. The third-order valence-electron chi connectivity index (χ3n) is 0.829. The first-order chi connectivity index (χ1) is 4.22. The van der Waals surface area contributed by atoms with Gasteiger partial charge in [-0.2, -0.15) is 0 Å². The zero-order chi connectivity index (χ0) is 7.28. The summed E-state index contributed by atoms with van der Waals surface area (Å²) >= 11 is 6.14.